The number of hydrogen-bond donors (Lipinski definition) is 4. The second-order valence-corrected chi connectivity index (χ2v) is 9.30. The van der Waals surface area contributed by atoms with E-state index < -0.39 is 22.0 Å². The van der Waals surface area contributed by atoms with Gasteiger partial charge in [0.15, 0.2) is 5.13 Å². The van der Waals surface area contributed by atoms with Gasteiger partial charge in [-0.25, -0.2) is 22.9 Å². The van der Waals surface area contributed by atoms with E-state index in [-0.39, 0.29) is 19.0 Å². The van der Waals surface area contributed by atoms with Gasteiger partial charge in [-0.2, -0.15) is 0 Å². The number of benzene rings is 1. The number of aromatic nitrogens is 1. The Hall–Kier alpha value is -3.03. The van der Waals surface area contributed by atoms with E-state index in [0.717, 1.165) is 23.2 Å². The first-order chi connectivity index (χ1) is 14.5. The van der Waals surface area contributed by atoms with Gasteiger partial charge in [-0.05, 0) is 30.5 Å². The van der Waals surface area contributed by atoms with Crippen molar-refractivity contribution in [1.82, 2.24) is 15.0 Å². The molecule has 13 heteroatoms. The number of ether oxygens (including phenoxy) is 1. The third-order valence-electron chi connectivity index (χ3n) is 3.75. The number of sulfonamides is 1. The number of aryl methyl sites for hydroxylation is 2. The summed E-state index contributed by atoms with van der Waals surface area (Å²) in [6.45, 7) is 1.49. The van der Waals surface area contributed by atoms with Gasteiger partial charge >= 0.3 is 6.09 Å². The van der Waals surface area contributed by atoms with E-state index in [0.29, 0.717) is 34.3 Å². The van der Waals surface area contributed by atoms with E-state index in [4.69, 9.17) is 10.5 Å². The maximum Gasteiger partial charge on any atom is 0.409 e. The number of anilines is 1. The monoisotopic (exact) mass is 469 g/mol. The number of carbonyl (C=O) groups is 3. The van der Waals surface area contributed by atoms with Crippen molar-refractivity contribution >= 4 is 44.4 Å². The number of amides is 3. The van der Waals surface area contributed by atoms with Gasteiger partial charge in [0.25, 0.3) is 5.91 Å². The quantitative estimate of drug-likeness (QED) is 0.370. The minimum atomic E-state index is -3.35. The average Bonchev–Trinajstić information content (AvgIpc) is 3.05. The lowest BCUT2D eigenvalue weighted by atomic mass is 10.1. The van der Waals surface area contributed by atoms with E-state index in [1.165, 1.54) is 6.92 Å². The number of nitrogens with one attached hydrogen (secondary N) is 3. The molecule has 0 radical (unpaired) electrons. The third-order valence-corrected chi connectivity index (χ3v) is 5.49. The number of nitrogens with zero attached hydrogens (tertiary/aromatic N) is 1. The molecule has 0 atom stereocenters. The molecule has 11 nitrogen and oxygen atoms in total. The van der Waals surface area contributed by atoms with Crippen LogP contribution < -0.4 is 25.8 Å². The Morgan fingerprint density at radius 1 is 1.13 bits per heavy atom. The summed E-state index contributed by atoms with van der Waals surface area (Å²) in [6, 6.07) is 6.73. The summed E-state index contributed by atoms with van der Waals surface area (Å²) in [6.07, 6.45) is 1.08. The van der Waals surface area contributed by atoms with Crippen LogP contribution in [0.5, 0.6) is 5.75 Å². The molecule has 0 aliphatic heterocycles. The Kier molecular flexibility index (Phi) is 8.47. The van der Waals surface area contributed by atoms with Crippen LogP contribution in [0.15, 0.2) is 24.3 Å². The summed E-state index contributed by atoms with van der Waals surface area (Å²) in [5, 5.41) is 5.50. The zero-order chi connectivity index (χ0) is 23.0. The molecule has 2 rings (SSSR count). The Bertz CT molecular complexity index is 1050. The molecule has 1 aromatic carbocycles. The smallest absolute Gasteiger partial charge is 0.409 e. The van der Waals surface area contributed by atoms with Gasteiger partial charge in [-0.1, -0.05) is 23.5 Å². The molecule has 0 fully saturated rings. The Balaban J connectivity index is 2.06. The molecule has 5 N–H and O–H groups in total. The third kappa shape index (κ3) is 8.70. The first kappa shape index (κ1) is 24.2. The van der Waals surface area contributed by atoms with Crippen LogP contribution in [0, 0.1) is 0 Å². The summed E-state index contributed by atoms with van der Waals surface area (Å²) in [7, 11) is -3.35. The van der Waals surface area contributed by atoms with Crippen molar-refractivity contribution in [3.8, 4) is 5.75 Å². The van der Waals surface area contributed by atoms with Crippen LogP contribution in [-0.4, -0.2) is 50.7 Å². The Morgan fingerprint density at radius 2 is 1.81 bits per heavy atom. The second-order valence-electron chi connectivity index (χ2n) is 6.46. The molecular formula is C18H23N5O6S2. The highest BCUT2D eigenvalue weighted by Crippen LogP contribution is 2.25. The predicted octanol–water partition coefficient (Wildman–Crippen LogP) is 0.623. The molecule has 1 heterocycles. The van der Waals surface area contributed by atoms with Gasteiger partial charge in [0.1, 0.15) is 10.6 Å². The zero-order valence-electron chi connectivity index (χ0n) is 16.9. The standard InChI is InChI=1S/C18H23N5O6S2/c1-11(24)22-18-23-14(8-5-12-3-6-13(7-4-12)29-17(19)26)15(30-18)16(25)20-9-10-21-31(2,27)28/h3-4,6-7,21H,5,8-10H2,1-2H3,(H2,19,26)(H,20,25)(H,22,23,24). The lowest BCUT2D eigenvalue weighted by molar-refractivity contribution is -0.114. The van der Waals surface area contributed by atoms with Gasteiger partial charge in [0.2, 0.25) is 15.9 Å². The number of primary amides is 1. The highest BCUT2D eigenvalue weighted by molar-refractivity contribution is 7.88. The zero-order valence-corrected chi connectivity index (χ0v) is 18.6. The molecule has 0 spiro atoms. The normalized spacial score (nSPS) is 11.0. The fourth-order valence-electron chi connectivity index (χ4n) is 2.50. The van der Waals surface area contributed by atoms with E-state index in [1.807, 2.05) is 0 Å². The van der Waals surface area contributed by atoms with Crippen molar-refractivity contribution in [2.75, 3.05) is 24.7 Å². The van der Waals surface area contributed by atoms with Crippen LogP contribution in [0.25, 0.3) is 0 Å². The van der Waals surface area contributed by atoms with E-state index in [9.17, 15) is 22.8 Å². The number of hydrogen-bond acceptors (Lipinski definition) is 8. The average molecular weight is 470 g/mol. The number of thiazole rings is 1. The van der Waals surface area contributed by atoms with Crippen molar-refractivity contribution < 1.29 is 27.5 Å². The number of nitrogens with two attached hydrogens (primary N) is 1. The topological polar surface area (TPSA) is 170 Å². The molecule has 0 saturated heterocycles. The fourth-order valence-corrected chi connectivity index (χ4v) is 3.95. The Labute approximate surface area is 183 Å². The van der Waals surface area contributed by atoms with Gasteiger partial charge in [0.05, 0.1) is 11.9 Å². The molecule has 168 valence electrons. The van der Waals surface area contributed by atoms with E-state index in [2.05, 4.69) is 20.3 Å². The Morgan fingerprint density at radius 3 is 2.39 bits per heavy atom. The summed E-state index contributed by atoms with van der Waals surface area (Å²) in [5.41, 5.74) is 6.39. The van der Waals surface area contributed by atoms with E-state index in [1.54, 1.807) is 24.3 Å². The first-order valence-electron chi connectivity index (χ1n) is 9.10. The number of rotatable bonds is 10. The van der Waals surface area contributed by atoms with E-state index >= 15 is 0 Å². The first-order valence-corrected chi connectivity index (χ1v) is 11.8. The lowest BCUT2D eigenvalue weighted by Crippen LogP contribution is -2.34. The molecule has 0 bridgehead atoms. The van der Waals surface area contributed by atoms with Crippen molar-refractivity contribution in [3.63, 3.8) is 0 Å². The summed E-state index contributed by atoms with van der Waals surface area (Å²) in [5.74, 6) is -0.403. The van der Waals surface area contributed by atoms with Crippen molar-refractivity contribution in [1.29, 1.82) is 0 Å². The maximum atomic E-state index is 12.6. The molecule has 2 aromatic rings. The van der Waals surface area contributed by atoms with Crippen LogP contribution in [-0.2, 0) is 27.7 Å². The highest BCUT2D eigenvalue weighted by Gasteiger charge is 2.18. The van der Waals surface area contributed by atoms with Crippen molar-refractivity contribution in [3.05, 3.63) is 40.4 Å². The summed E-state index contributed by atoms with van der Waals surface area (Å²) in [4.78, 5) is 39.3. The fraction of sp³-hybridized carbons (Fsp3) is 0.333. The summed E-state index contributed by atoms with van der Waals surface area (Å²) < 4.78 is 29.3. The lowest BCUT2D eigenvalue weighted by Gasteiger charge is -2.06. The molecule has 3 amide bonds. The summed E-state index contributed by atoms with van der Waals surface area (Å²) >= 11 is 1.04. The van der Waals surface area contributed by atoms with Crippen molar-refractivity contribution in [2.45, 2.75) is 19.8 Å². The molecule has 1 aromatic heterocycles. The molecule has 0 saturated carbocycles. The predicted molar refractivity (Wildman–Crippen MR) is 116 cm³/mol. The highest BCUT2D eigenvalue weighted by atomic mass is 32.2. The molecule has 31 heavy (non-hydrogen) atoms. The van der Waals surface area contributed by atoms with Gasteiger partial charge in [0, 0.05) is 20.0 Å². The van der Waals surface area contributed by atoms with Gasteiger partial charge in [-0.3, -0.25) is 9.59 Å². The minimum Gasteiger partial charge on any atom is -0.411 e. The second kappa shape index (κ2) is 10.8. The largest absolute Gasteiger partial charge is 0.411 e. The van der Waals surface area contributed by atoms with Crippen LogP contribution in [0.3, 0.4) is 0 Å². The van der Waals surface area contributed by atoms with Gasteiger partial charge in [-0.15, -0.1) is 0 Å². The van der Waals surface area contributed by atoms with Crippen molar-refractivity contribution in [2.24, 2.45) is 5.73 Å². The molecule has 0 unspecified atom stereocenters. The van der Waals surface area contributed by atoms with Crippen LogP contribution in [0.1, 0.15) is 27.9 Å². The molecule has 0 aliphatic carbocycles. The SMILES string of the molecule is CC(=O)Nc1nc(CCc2ccc(OC(N)=O)cc2)c(C(=O)NCCNS(C)(=O)=O)s1. The van der Waals surface area contributed by atoms with Crippen LogP contribution in [0.2, 0.25) is 0 Å². The molecular weight excluding hydrogens is 446 g/mol. The molecule has 0 aliphatic rings. The maximum absolute atomic E-state index is 12.6. The minimum absolute atomic E-state index is 0.0526. The van der Waals surface area contributed by atoms with Crippen LogP contribution in [0.4, 0.5) is 9.93 Å². The number of carbonyl (C=O) groups excluding carboxylic acids is 3. The van der Waals surface area contributed by atoms with Gasteiger partial charge < -0.3 is 21.1 Å². The van der Waals surface area contributed by atoms with Crippen LogP contribution >= 0.6 is 11.3 Å².